The Morgan fingerprint density at radius 2 is 2.24 bits per heavy atom. The van der Waals surface area contributed by atoms with E-state index in [0.717, 1.165) is 50.0 Å². The summed E-state index contributed by atoms with van der Waals surface area (Å²) < 4.78 is 12.0. The number of thiophene rings is 1. The van der Waals surface area contributed by atoms with E-state index in [-0.39, 0.29) is 5.60 Å². The molecule has 4 nitrogen and oxygen atoms in total. The van der Waals surface area contributed by atoms with Gasteiger partial charge in [-0.3, -0.25) is 4.90 Å². The molecule has 0 aromatic carbocycles. The van der Waals surface area contributed by atoms with Gasteiger partial charge in [0.15, 0.2) is 0 Å². The van der Waals surface area contributed by atoms with Crippen molar-refractivity contribution in [2.45, 2.75) is 45.4 Å². The Morgan fingerprint density at radius 3 is 2.96 bits per heavy atom. The van der Waals surface area contributed by atoms with Crippen LogP contribution in [0.2, 0.25) is 0 Å². The Balaban J connectivity index is 1.22. The first-order chi connectivity index (χ1) is 12.1. The van der Waals surface area contributed by atoms with Crippen LogP contribution >= 0.6 is 22.7 Å². The van der Waals surface area contributed by atoms with Crippen LogP contribution in [0.1, 0.15) is 34.0 Å². The van der Waals surface area contributed by atoms with Gasteiger partial charge in [0.05, 0.1) is 22.9 Å². The van der Waals surface area contributed by atoms with Gasteiger partial charge in [0.25, 0.3) is 0 Å². The van der Waals surface area contributed by atoms with E-state index in [1.807, 2.05) is 18.3 Å². The fourth-order valence-electron chi connectivity index (χ4n) is 4.01. The number of nitrogens with zero attached hydrogens (tertiary/aromatic N) is 2. The van der Waals surface area contributed by atoms with Crippen LogP contribution in [0.4, 0.5) is 0 Å². The summed E-state index contributed by atoms with van der Waals surface area (Å²) in [6.07, 6.45) is 2.26. The quantitative estimate of drug-likeness (QED) is 0.682. The van der Waals surface area contributed by atoms with Crippen LogP contribution in [0.25, 0.3) is 0 Å². The third-order valence-electron chi connectivity index (χ3n) is 5.44. The summed E-state index contributed by atoms with van der Waals surface area (Å²) >= 11 is 3.55. The number of ether oxygens (including phenoxy) is 2. The lowest BCUT2D eigenvalue weighted by Crippen LogP contribution is -2.64. The molecule has 1 unspecified atom stereocenters. The molecule has 4 rings (SSSR count). The molecular weight excluding hydrogens is 352 g/mol. The monoisotopic (exact) mass is 378 g/mol. The first-order valence-electron chi connectivity index (χ1n) is 9.03. The standard InChI is InChI=1S/C19H26N2O2S2/c1-14-5-8-24-18(14)9-21-12-19(13-21)16(4-7-23-19)3-6-22-10-17-11-25-15(2)20-17/h5,8,11,16H,3-4,6-7,9-10,12-13H2,1-2H3. The van der Waals surface area contributed by atoms with E-state index < -0.39 is 0 Å². The third-order valence-corrected chi connectivity index (χ3v) is 7.27. The van der Waals surface area contributed by atoms with Crippen LogP contribution in [0.15, 0.2) is 16.8 Å². The van der Waals surface area contributed by atoms with Gasteiger partial charge in [0.1, 0.15) is 0 Å². The van der Waals surface area contributed by atoms with Gasteiger partial charge in [-0.25, -0.2) is 4.98 Å². The fraction of sp³-hybridized carbons (Fsp3) is 0.632. The maximum atomic E-state index is 6.18. The average molecular weight is 379 g/mol. The van der Waals surface area contributed by atoms with Crippen LogP contribution in [0.5, 0.6) is 0 Å². The molecule has 1 spiro atoms. The number of aryl methyl sites for hydroxylation is 2. The minimum absolute atomic E-state index is 0.0890. The first-order valence-corrected chi connectivity index (χ1v) is 10.8. The van der Waals surface area contributed by atoms with Crippen molar-refractivity contribution in [3.63, 3.8) is 0 Å². The molecule has 0 saturated carbocycles. The highest BCUT2D eigenvalue weighted by Crippen LogP contribution is 2.42. The second kappa shape index (κ2) is 7.45. The molecule has 6 heteroatoms. The molecular formula is C19H26N2O2S2. The Morgan fingerprint density at radius 1 is 1.36 bits per heavy atom. The molecule has 0 amide bonds. The molecule has 2 aliphatic heterocycles. The fourth-order valence-corrected chi connectivity index (χ4v) is 5.56. The highest BCUT2D eigenvalue weighted by atomic mass is 32.1. The summed E-state index contributed by atoms with van der Waals surface area (Å²) in [4.78, 5) is 8.47. The Kier molecular flexibility index (Phi) is 5.25. The predicted octanol–water partition coefficient (Wildman–Crippen LogP) is 4.02. The normalized spacial score (nSPS) is 22.6. The number of likely N-dealkylation sites (tertiary alicyclic amines) is 1. The van der Waals surface area contributed by atoms with E-state index in [2.05, 4.69) is 33.6 Å². The number of rotatable bonds is 7. The van der Waals surface area contributed by atoms with Gasteiger partial charge in [0.2, 0.25) is 0 Å². The lowest BCUT2D eigenvalue weighted by atomic mass is 9.79. The van der Waals surface area contributed by atoms with E-state index in [1.54, 1.807) is 11.3 Å². The minimum atomic E-state index is 0.0890. The van der Waals surface area contributed by atoms with Gasteiger partial charge in [-0.1, -0.05) is 0 Å². The molecule has 0 bridgehead atoms. The summed E-state index contributed by atoms with van der Waals surface area (Å²) in [7, 11) is 0. The summed E-state index contributed by atoms with van der Waals surface area (Å²) in [5.74, 6) is 0.630. The van der Waals surface area contributed by atoms with Crippen molar-refractivity contribution in [1.29, 1.82) is 0 Å². The van der Waals surface area contributed by atoms with Crippen molar-refractivity contribution < 1.29 is 9.47 Å². The molecule has 2 aromatic rings. The van der Waals surface area contributed by atoms with Crippen molar-refractivity contribution in [1.82, 2.24) is 9.88 Å². The van der Waals surface area contributed by atoms with E-state index in [4.69, 9.17) is 9.47 Å². The SMILES string of the molecule is Cc1nc(COCCC2CCOC23CN(Cc2sccc2C)C3)cs1. The van der Waals surface area contributed by atoms with Crippen LogP contribution in [-0.2, 0) is 22.6 Å². The molecule has 0 aliphatic carbocycles. The van der Waals surface area contributed by atoms with E-state index >= 15 is 0 Å². The molecule has 2 aromatic heterocycles. The molecule has 0 radical (unpaired) electrons. The smallest absolute Gasteiger partial charge is 0.0964 e. The summed E-state index contributed by atoms with van der Waals surface area (Å²) in [5.41, 5.74) is 2.56. The zero-order valence-electron chi connectivity index (χ0n) is 15.0. The van der Waals surface area contributed by atoms with Gasteiger partial charge in [0, 0.05) is 43.1 Å². The van der Waals surface area contributed by atoms with Gasteiger partial charge in [-0.05, 0) is 49.6 Å². The summed E-state index contributed by atoms with van der Waals surface area (Å²) in [5, 5.41) is 5.39. The van der Waals surface area contributed by atoms with Crippen molar-refractivity contribution in [2.75, 3.05) is 26.3 Å². The van der Waals surface area contributed by atoms with Crippen LogP contribution < -0.4 is 0 Å². The number of aromatic nitrogens is 1. The molecule has 1 atom stereocenters. The first kappa shape index (κ1) is 17.6. The minimum Gasteiger partial charge on any atom is -0.375 e. The summed E-state index contributed by atoms with van der Waals surface area (Å²) in [6, 6.07) is 2.21. The lowest BCUT2D eigenvalue weighted by molar-refractivity contribution is -0.139. The third kappa shape index (κ3) is 3.83. The molecule has 136 valence electrons. The zero-order chi connectivity index (χ0) is 17.3. The molecule has 25 heavy (non-hydrogen) atoms. The van der Waals surface area contributed by atoms with Gasteiger partial charge >= 0.3 is 0 Å². The molecule has 2 aliphatic rings. The Labute approximate surface area is 157 Å². The number of hydrogen-bond donors (Lipinski definition) is 0. The molecule has 2 fully saturated rings. The number of hydrogen-bond acceptors (Lipinski definition) is 6. The highest BCUT2D eigenvalue weighted by molar-refractivity contribution is 7.10. The van der Waals surface area contributed by atoms with Gasteiger partial charge in [-0.2, -0.15) is 0 Å². The Bertz CT molecular complexity index is 706. The largest absolute Gasteiger partial charge is 0.375 e. The average Bonchev–Trinajstić information content (AvgIpc) is 3.25. The van der Waals surface area contributed by atoms with Crippen molar-refractivity contribution in [3.05, 3.63) is 38.0 Å². The molecule has 2 saturated heterocycles. The lowest BCUT2D eigenvalue weighted by Gasteiger charge is -2.50. The maximum Gasteiger partial charge on any atom is 0.0964 e. The van der Waals surface area contributed by atoms with Crippen LogP contribution in [-0.4, -0.2) is 41.8 Å². The second-order valence-electron chi connectivity index (χ2n) is 7.27. The Hall–Kier alpha value is -0.790. The maximum absolute atomic E-state index is 6.18. The molecule has 4 heterocycles. The second-order valence-corrected chi connectivity index (χ2v) is 9.33. The van der Waals surface area contributed by atoms with E-state index in [9.17, 15) is 0 Å². The van der Waals surface area contributed by atoms with Crippen LogP contribution in [0, 0.1) is 19.8 Å². The van der Waals surface area contributed by atoms with Crippen molar-refractivity contribution >= 4 is 22.7 Å². The van der Waals surface area contributed by atoms with Gasteiger partial charge < -0.3 is 9.47 Å². The topological polar surface area (TPSA) is 34.6 Å². The summed E-state index contributed by atoms with van der Waals surface area (Å²) in [6.45, 7) is 9.79. The molecule has 0 N–H and O–H groups in total. The van der Waals surface area contributed by atoms with E-state index in [0.29, 0.717) is 12.5 Å². The highest BCUT2D eigenvalue weighted by Gasteiger charge is 2.52. The van der Waals surface area contributed by atoms with Crippen LogP contribution in [0.3, 0.4) is 0 Å². The zero-order valence-corrected chi connectivity index (χ0v) is 16.6. The van der Waals surface area contributed by atoms with Crippen molar-refractivity contribution in [3.8, 4) is 0 Å². The number of thiazole rings is 1. The van der Waals surface area contributed by atoms with E-state index in [1.165, 1.54) is 16.9 Å². The predicted molar refractivity (Wildman–Crippen MR) is 102 cm³/mol. The van der Waals surface area contributed by atoms with Gasteiger partial charge in [-0.15, -0.1) is 22.7 Å². The van der Waals surface area contributed by atoms with Crippen molar-refractivity contribution in [2.24, 2.45) is 5.92 Å².